The van der Waals surface area contributed by atoms with Crippen molar-refractivity contribution >= 4 is 28.9 Å². The quantitative estimate of drug-likeness (QED) is 0.672. The van der Waals surface area contributed by atoms with Gasteiger partial charge in [0.25, 0.3) is 5.91 Å². The molecule has 3 aromatic carbocycles. The molecule has 0 aromatic heterocycles. The fourth-order valence-electron chi connectivity index (χ4n) is 3.05. The Morgan fingerprint density at radius 1 is 1.04 bits per heavy atom. The molecule has 0 radical (unpaired) electrons. The molecule has 6 heteroatoms. The molecule has 1 atom stereocenters. The van der Waals surface area contributed by atoms with Gasteiger partial charge >= 0.3 is 0 Å². The second-order valence-electron chi connectivity index (χ2n) is 5.95. The highest BCUT2D eigenvalue weighted by atomic mass is 35.5. The number of hydrogen-bond donors (Lipinski definition) is 2. The maximum atomic E-state index is 13.3. The summed E-state index contributed by atoms with van der Waals surface area (Å²) in [5, 5.41) is 13.2. The minimum absolute atomic E-state index is 0.0358. The Hall–Kier alpha value is -3.05. The first kappa shape index (κ1) is 16.4. The highest BCUT2D eigenvalue weighted by molar-refractivity contribution is 6.32. The topological polar surface area (TPSA) is 52.6 Å². The number of rotatable bonds is 2. The van der Waals surface area contributed by atoms with Gasteiger partial charge in [0.05, 0.1) is 10.6 Å². The lowest BCUT2D eigenvalue weighted by Crippen LogP contribution is -2.43. The Morgan fingerprint density at radius 2 is 1.77 bits per heavy atom. The van der Waals surface area contributed by atoms with E-state index < -0.39 is 6.17 Å². The van der Waals surface area contributed by atoms with Gasteiger partial charge in [0.15, 0.2) is 0 Å². The van der Waals surface area contributed by atoms with Crippen LogP contribution in [-0.4, -0.2) is 11.0 Å². The van der Waals surface area contributed by atoms with Crippen LogP contribution in [-0.2, 0) is 0 Å². The van der Waals surface area contributed by atoms with Gasteiger partial charge < -0.3 is 10.4 Å². The summed E-state index contributed by atoms with van der Waals surface area (Å²) in [4.78, 5) is 14.7. The molecule has 4 rings (SSSR count). The summed E-state index contributed by atoms with van der Waals surface area (Å²) in [7, 11) is 0. The van der Waals surface area contributed by atoms with Gasteiger partial charge in [-0.1, -0.05) is 29.8 Å². The van der Waals surface area contributed by atoms with Gasteiger partial charge in [-0.15, -0.1) is 0 Å². The summed E-state index contributed by atoms with van der Waals surface area (Å²) in [5.41, 5.74) is 2.47. The van der Waals surface area contributed by atoms with Crippen LogP contribution in [0.2, 0.25) is 5.02 Å². The fraction of sp³-hybridized carbons (Fsp3) is 0.0500. The molecular formula is C20H14ClFN2O2. The van der Waals surface area contributed by atoms with E-state index in [1.54, 1.807) is 41.3 Å². The third-order valence-electron chi connectivity index (χ3n) is 4.32. The van der Waals surface area contributed by atoms with E-state index in [2.05, 4.69) is 5.32 Å². The number of nitrogens with zero attached hydrogens (tertiary/aromatic N) is 1. The maximum Gasteiger partial charge on any atom is 0.262 e. The van der Waals surface area contributed by atoms with Crippen molar-refractivity contribution in [2.45, 2.75) is 6.17 Å². The van der Waals surface area contributed by atoms with Crippen molar-refractivity contribution in [2.75, 3.05) is 10.2 Å². The van der Waals surface area contributed by atoms with E-state index in [1.807, 2.05) is 12.1 Å². The number of benzene rings is 3. The number of phenols is 1. The van der Waals surface area contributed by atoms with Crippen LogP contribution in [0.3, 0.4) is 0 Å². The minimum atomic E-state index is -0.555. The van der Waals surface area contributed by atoms with E-state index >= 15 is 0 Å². The van der Waals surface area contributed by atoms with Crippen LogP contribution in [0.1, 0.15) is 22.1 Å². The number of amides is 1. The lowest BCUT2D eigenvalue weighted by molar-refractivity contribution is 0.0975. The van der Waals surface area contributed by atoms with Gasteiger partial charge in [0, 0.05) is 11.4 Å². The van der Waals surface area contributed by atoms with E-state index in [9.17, 15) is 14.3 Å². The van der Waals surface area contributed by atoms with E-state index in [-0.39, 0.29) is 22.5 Å². The smallest absolute Gasteiger partial charge is 0.262 e. The summed E-state index contributed by atoms with van der Waals surface area (Å²) in [5.74, 6) is -0.623. The Bertz CT molecular complexity index is 991. The molecule has 3 aromatic rings. The summed E-state index contributed by atoms with van der Waals surface area (Å²) in [6, 6.07) is 17.7. The normalized spacial score (nSPS) is 16.2. The third kappa shape index (κ3) is 2.76. The first-order valence-electron chi connectivity index (χ1n) is 7.98. The largest absolute Gasteiger partial charge is 0.506 e. The number of fused-ring (bicyclic) bond motifs is 1. The SMILES string of the molecule is O=C1c2ccccc2NC(c2ccc(O)c(Cl)c2)N1c1ccc(F)cc1. The summed E-state index contributed by atoms with van der Waals surface area (Å²) in [6.07, 6.45) is -0.555. The molecular weight excluding hydrogens is 355 g/mol. The van der Waals surface area contributed by atoms with E-state index in [0.29, 0.717) is 22.5 Å². The van der Waals surface area contributed by atoms with E-state index in [1.165, 1.54) is 18.2 Å². The number of anilines is 2. The van der Waals surface area contributed by atoms with E-state index in [0.717, 1.165) is 0 Å². The maximum absolute atomic E-state index is 13.3. The molecule has 1 aliphatic rings. The summed E-state index contributed by atoms with van der Waals surface area (Å²) >= 11 is 6.05. The summed E-state index contributed by atoms with van der Waals surface area (Å²) < 4.78 is 13.3. The Morgan fingerprint density at radius 3 is 2.50 bits per heavy atom. The predicted octanol–water partition coefficient (Wildman–Crippen LogP) is 4.96. The van der Waals surface area contributed by atoms with Gasteiger partial charge in [-0.3, -0.25) is 9.69 Å². The van der Waals surface area contributed by atoms with Gasteiger partial charge in [0.1, 0.15) is 17.7 Å². The van der Waals surface area contributed by atoms with Crippen molar-refractivity contribution in [2.24, 2.45) is 0 Å². The zero-order chi connectivity index (χ0) is 18.3. The number of halogens is 2. The second-order valence-corrected chi connectivity index (χ2v) is 6.36. The van der Waals surface area contributed by atoms with Crippen molar-refractivity contribution in [3.8, 4) is 5.75 Å². The van der Waals surface area contributed by atoms with Crippen molar-refractivity contribution in [1.82, 2.24) is 0 Å². The van der Waals surface area contributed by atoms with Crippen LogP contribution in [0.25, 0.3) is 0 Å². The molecule has 26 heavy (non-hydrogen) atoms. The first-order chi connectivity index (χ1) is 12.5. The number of hydrogen-bond acceptors (Lipinski definition) is 3. The van der Waals surface area contributed by atoms with Crippen LogP contribution in [0.15, 0.2) is 66.7 Å². The number of nitrogens with one attached hydrogen (secondary N) is 1. The average Bonchev–Trinajstić information content (AvgIpc) is 2.65. The molecule has 0 fully saturated rings. The van der Waals surface area contributed by atoms with Crippen LogP contribution >= 0.6 is 11.6 Å². The van der Waals surface area contributed by atoms with Crippen LogP contribution in [0.4, 0.5) is 15.8 Å². The van der Waals surface area contributed by atoms with Crippen molar-refractivity contribution in [3.63, 3.8) is 0 Å². The van der Waals surface area contributed by atoms with Crippen LogP contribution in [0.5, 0.6) is 5.75 Å². The van der Waals surface area contributed by atoms with E-state index in [4.69, 9.17) is 11.6 Å². The molecule has 1 aliphatic heterocycles. The molecule has 4 nitrogen and oxygen atoms in total. The molecule has 1 amide bonds. The summed E-state index contributed by atoms with van der Waals surface area (Å²) in [6.45, 7) is 0. The van der Waals surface area contributed by atoms with Gasteiger partial charge in [-0.25, -0.2) is 4.39 Å². The fourth-order valence-corrected chi connectivity index (χ4v) is 3.24. The average molecular weight is 369 g/mol. The molecule has 130 valence electrons. The highest BCUT2D eigenvalue weighted by Gasteiger charge is 2.34. The Labute approximate surface area is 154 Å². The lowest BCUT2D eigenvalue weighted by atomic mass is 10.0. The molecule has 0 saturated carbocycles. The van der Waals surface area contributed by atoms with Crippen LogP contribution < -0.4 is 10.2 Å². The monoisotopic (exact) mass is 368 g/mol. The van der Waals surface area contributed by atoms with Crippen LogP contribution in [0, 0.1) is 5.82 Å². The van der Waals surface area contributed by atoms with Gasteiger partial charge in [-0.2, -0.15) is 0 Å². The molecule has 1 unspecified atom stereocenters. The lowest BCUT2D eigenvalue weighted by Gasteiger charge is -2.38. The molecule has 0 bridgehead atoms. The predicted molar refractivity (Wildman–Crippen MR) is 99.1 cm³/mol. The van der Waals surface area contributed by atoms with Crippen molar-refractivity contribution < 1.29 is 14.3 Å². The molecule has 2 N–H and O–H groups in total. The first-order valence-corrected chi connectivity index (χ1v) is 8.35. The number of carbonyl (C=O) groups excluding carboxylic acids is 1. The van der Waals surface area contributed by atoms with Gasteiger partial charge in [-0.05, 0) is 54.1 Å². The van der Waals surface area contributed by atoms with Gasteiger partial charge in [0.2, 0.25) is 0 Å². The third-order valence-corrected chi connectivity index (χ3v) is 4.62. The number of para-hydroxylation sites is 1. The Kier molecular flexibility index (Phi) is 4.01. The Balaban J connectivity index is 1.86. The molecule has 0 spiro atoms. The molecule has 0 aliphatic carbocycles. The number of phenolic OH excluding ortho intramolecular Hbond substituents is 1. The second kappa shape index (κ2) is 6.35. The number of carbonyl (C=O) groups is 1. The standard InChI is InChI=1S/C20H14ClFN2O2/c21-16-11-12(5-10-18(16)25)19-23-17-4-2-1-3-15(17)20(26)24(19)14-8-6-13(22)7-9-14/h1-11,19,23,25H. The highest BCUT2D eigenvalue weighted by Crippen LogP contribution is 2.38. The zero-order valence-electron chi connectivity index (χ0n) is 13.5. The van der Waals surface area contributed by atoms with Crippen molar-refractivity contribution in [3.05, 3.63) is 88.7 Å². The number of aromatic hydroxyl groups is 1. The molecule has 1 heterocycles. The zero-order valence-corrected chi connectivity index (χ0v) is 14.2. The van der Waals surface area contributed by atoms with Crippen molar-refractivity contribution in [1.29, 1.82) is 0 Å². The molecule has 0 saturated heterocycles. The minimum Gasteiger partial charge on any atom is -0.506 e.